The molecule has 0 aliphatic carbocycles. The molecule has 0 radical (unpaired) electrons. The summed E-state index contributed by atoms with van der Waals surface area (Å²) >= 11 is 0. The lowest BCUT2D eigenvalue weighted by atomic mass is 10.1. The Morgan fingerprint density at radius 3 is 2.36 bits per heavy atom. The lowest BCUT2D eigenvalue weighted by molar-refractivity contribution is -0.136. The van der Waals surface area contributed by atoms with Crippen LogP contribution in [0.4, 0.5) is 0 Å². The molecular weight excluding hydrogens is 430 g/mol. The van der Waals surface area contributed by atoms with Gasteiger partial charge in [0.25, 0.3) is 23.6 Å². The van der Waals surface area contributed by atoms with Crippen molar-refractivity contribution >= 4 is 29.6 Å². The standard InChI is InChI=1S/C23H21N3O7/c1-2-7-26-20(28)16-6-5-15(13-17(16)21(26)29)23(31)33-14-19(27)24-8-10-25(11-9-24)22(30)18-4-3-12-32-18/h2-6,12-13H,1,7-11,14H2. The first kappa shape index (κ1) is 22.0. The molecule has 1 aromatic heterocycles. The Kier molecular flexibility index (Phi) is 6.07. The van der Waals surface area contributed by atoms with Crippen LogP contribution in [0.2, 0.25) is 0 Å². The summed E-state index contributed by atoms with van der Waals surface area (Å²) in [5.41, 5.74) is 0.383. The van der Waals surface area contributed by atoms with Gasteiger partial charge in [-0.3, -0.25) is 24.1 Å². The Bertz CT molecular complexity index is 1130. The summed E-state index contributed by atoms with van der Waals surface area (Å²) in [6.45, 7) is 4.40. The van der Waals surface area contributed by atoms with Crippen LogP contribution < -0.4 is 0 Å². The number of hydrogen-bond donors (Lipinski definition) is 0. The van der Waals surface area contributed by atoms with Crippen molar-refractivity contribution in [2.24, 2.45) is 0 Å². The van der Waals surface area contributed by atoms with Gasteiger partial charge in [-0.05, 0) is 30.3 Å². The fourth-order valence-corrected chi connectivity index (χ4v) is 3.73. The number of benzene rings is 1. The Morgan fingerprint density at radius 2 is 1.70 bits per heavy atom. The number of rotatable bonds is 6. The van der Waals surface area contributed by atoms with E-state index in [0.29, 0.717) is 26.2 Å². The van der Waals surface area contributed by atoms with Crippen LogP contribution in [0, 0.1) is 0 Å². The second-order valence-corrected chi connectivity index (χ2v) is 7.50. The molecule has 4 amide bonds. The van der Waals surface area contributed by atoms with E-state index in [1.807, 2.05) is 0 Å². The Morgan fingerprint density at radius 1 is 1.00 bits per heavy atom. The quantitative estimate of drug-likeness (QED) is 0.368. The molecule has 0 saturated carbocycles. The fourth-order valence-electron chi connectivity index (χ4n) is 3.73. The molecule has 1 saturated heterocycles. The minimum absolute atomic E-state index is 0.0667. The number of esters is 1. The number of piperazine rings is 1. The van der Waals surface area contributed by atoms with Gasteiger partial charge in [-0.15, -0.1) is 6.58 Å². The van der Waals surface area contributed by atoms with Gasteiger partial charge < -0.3 is 19.0 Å². The second-order valence-electron chi connectivity index (χ2n) is 7.50. The van der Waals surface area contributed by atoms with Gasteiger partial charge in [-0.1, -0.05) is 6.08 Å². The summed E-state index contributed by atoms with van der Waals surface area (Å²) in [4.78, 5) is 66.0. The zero-order valence-electron chi connectivity index (χ0n) is 17.7. The van der Waals surface area contributed by atoms with E-state index < -0.39 is 30.3 Å². The molecule has 0 N–H and O–H groups in total. The van der Waals surface area contributed by atoms with Crippen LogP contribution >= 0.6 is 0 Å². The molecule has 10 nitrogen and oxygen atoms in total. The predicted molar refractivity (Wildman–Crippen MR) is 113 cm³/mol. The van der Waals surface area contributed by atoms with Crippen molar-refractivity contribution in [3.8, 4) is 0 Å². The van der Waals surface area contributed by atoms with Gasteiger partial charge in [-0.25, -0.2) is 4.79 Å². The molecule has 33 heavy (non-hydrogen) atoms. The van der Waals surface area contributed by atoms with E-state index in [1.54, 1.807) is 17.0 Å². The zero-order chi connectivity index (χ0) is 23.5. The topological polar surface area (TPSA) is 117 Å². The summed E-state index contributed by atoms with van der Waals surface area (Å²) in [5, 5.41) is 0. The van der Waals surface area contributed by atoms with Crippen molar-refractivity contribution in [2.75, 3.05) is 39.3 Å². The van der Waals surface area contributed by atoms with Gasteiger partial charge in [0.2, 0.25) is 0 Å². The summed E-state index contributed by atoms with van der Waals surface area (Å²) < 4.78 is 10.2. The molecule has 2 aliphatic heterocycles. The maximum absolute atomic E-state index is 12.4. The smallest absolute Gasteiger partial charge is 0.338 e. The van der Waals surface area contributed by atoms with Crippen LogP contribution in [0.3, 0.4) is 0 Å². The highest BCUT2D eigenvalue weighted by molar-refractivity contribution is 6.22. The van der Waals surface area contributed by atoms with Gasteiger partial charge in [0.05, 0.1) is 23.0 Å². The van der Waals surface area contributed by atoms with E-state index >= 15 is 0 Å². The van der Waals surface area contributed by atoms with E-state index in [2.05, 4.69) is 6.58 Å². The van der Waals surface area contributed by atoms with Crippen LogP contribution in [-0.4, -0.2) is 83.6 Å². The monoisotopic (exact) mass is 451 g/mol. The van der Waals surface area contributed by atoms with Crippen molar-refractivity contribution in [3.63, 3.8) is 0 Å². The summed E-state index contributed by atoms with van der Waals surface area (Å²) in [5.74, 6) is -2.13. The molecule has 1 fully saturated rings. The van der Waals surface area contributed by atoms with Gasteiger partial charge >= 0.3 is 5.97 Å². The average molecular weight is 451 g/mol. The highest BCUT2D eigenvalue weighted by Gasteiger charge is 2.35. The lowest BCUT2D eigenvalue weighted by Crippen LogP contribution is -2.51. The minimum Gasteiger partial charge on any atom is -0.459 e. The van der Waals surface area contributed by atoms with E-state index in [-0.39, 0.29) is 34.9 Å². The number of furan rings is 1. The molecule has 3 heterocycles. The summed E-state index contributed by atoms with van der Waals surface area (Å²) in [7, 11) is 0. The second kappa shape index (κ2) is 9.11. The number of imide groups is 1. The third-order valence-corrected chi connectivity index (χ3v) is 5.50. The van der Waals surface area contributed by atoms with Gasteiger partial charge in [0, 0.05) is 32.7 Å². The summed E-state index contributed by atoms with van der Waals surface area (Å²) in [6, 6.07) is 7.29. The normalized spacial score (nSPS) is 15.5. The molecule has 0 spiro atoms. The zero-order valence-corrected chi connectivity index (χ0v) is 17.7. The molecule has 2 aromatic rings. The Hall–Kier alpha value is -4.21. The first-order valence-electron chi connectivity index (χ1n) is 10.3. The van der Waals surface area contributed by atoms with E-state index in [1.165, 1.54) is 35.4 Å². The number of amides is 4. The molecule has 0 atom stereocenters. The molecule has 2 aliphatic rings. The van der Waals surface area contributed by atoms with Crippen LogP contribution in [0.5, 0.6) is 0 Å². The third-order valence-electron chi connectivity index (χ3n) is 5.50. The maximum atomic E-state index is 12.4. The Labute approximate surface area is 189 Å². The first-order chi connectivity index (χ1) is 15.9. The van der Waals surface area contributed by atoms with Crippen molar-refractivity contribution in [2.45, 2.75) is 0 Å². The lowest BCUT2D eigenvalue weighted by Gasteiger charge is -2.34. The molecule has 0 unspecified atom stereocenters. The molecule has 170 valence electrons. The number of ether oxygens (including phenoxy) is 1. The number of fused-ring (bicyclic) bond motifs is 1. The SMILES string of the molecule is C=CCN1C(=O)c2ccc(C(=O)OCC(=O)N3CCN(C(=O)c4ccco4)CC3)cc2C1=O. The van der Waals surface area contributed by atoms with Gasteiger partial charge in [-0.2, -0.15) is 0 Å². The minimum atomic E-state index is -0.778. The fraction of sp³-hybridized carbons (Fsp3) is 0.261. The van der Waals surface area contributed by atoms with Crippen molar-refractivity contribution in [1.82, 2.24) is 14.7 Å². The maximum Gasteiger partial charge on any atom is 0.338 e. The van der Waals surface area contributed by atoms with E-state index in [4.69, 9.17) is 9.15 Å². The van der Waals surface area contributed by atoms with Crippen LogP contribution in [0.15, 0.2) is 53.7 Å². The van der Waals surface area contributed by atoms with Crippen molar-refractivity contribution in [1.29, 1.82) is 0 Å². The molecule has 10 heteroatoms. The molecule has 0 bridgehead atoms. The largest absolute Gasteiger partial charge is 0.459 e. The van der Waals surface area contributed by atoms with E-state index in [9.17, 15) is 24.0 Å². The number of hydrogen-bond acceptors (Lipinski definition) is 7. The van der Waals surface area contributed by atoms with Gasteiger partial charge in [0.1, 0.15) is 0 Å². The van der Waals surface area contributed by atoms with E-state index in [0.717, 1.165) is 4.90 Å². The number of carbonyl (C=O) groups is 5. The van der Waals surface area contributed by atoms with Crippen molar-refractivity contribution < 1.29 is 33.1 Å². The molecule has 4 rings (SSSR count). The summed E-state index contributed by atoms with van der Waals surface area (Å²) in [6.07, 6.45) is 2.86. The highest BCUT2D eigenvalue weighted by atomic mass is 16.5. The highest BCUT2D eigenvalue weighted by Crippen LogP contribution is 2.24. The molecular formula is C23H21N3O7. The third kappa shape index (κ3) is 4.27. The first-order valence-corrected chi connectivity index (χ1v) is 10.3. The van der Waals surface area contributed by atoms with Crippen molar-refractivity contribution in [3.05, 3.63) is 71.7 Å². The Balaban J connectivity index is 1.30. The number of carbonyl (C=O) groups excluding carboxylic acids is 5. The van der Waals surface area contributed by atoms with Crippen LogP contribution in [-0.2, 0) is 9.53 Å². The average Bonchev–Trinajstić information content (AvgIpc) is 3.46. The van der Waals surface area contributed by atoms with Crippen LogP contribution in [0.25, 0.3) is 0 Å². The number of nitrogens with zero attached hydrogens (tertiary/aromatic N) is 3. The van der Waals surface area contributed by atoms with Crippen LogP contribution in [0.1, 0.15) is 41.6 Å². The predicted octanol–water partition coefficient (Wildman–Crippen LogP) is 1.20. The molecule has 1 aromatic carbocycles. The van der Waals surface area contributed by atoms with Gasteiger partial charge in [0.15, 0.2) is 12.4 Å².